The number of methoxy groups -OCH3 is 1. The van der Waals surface area contributed by atoms with E-state index in [-0.39, 0.29) is 34.8 Å². The van der Waals surface area contributed by atoms with Gasteiger partial charge in [-0.05, 0) is 12.1 Å². The highest BCUT2D eigenvalue weighted by Crippen LogP contribution is 2.46. The fourth-order valence-electron chi connectivity index (χ4n) is 3.21. The van der Waals surface area contributed by atoms with Crippen LogP contribution >= 0.6 is 0 Å². The number of nitrogen functional groups attached to an aromatic ring is 2. The summed E-state index contributed by atoms with van der Waals surface area (Å²) in [6, 6.07) is 6.24. The SMILES string of the molecule is COc1cccc(NC(=O)C(C)(C)C)c1C1N=C(NC#N)Nc2nc(N)c(C#N)c(N)c21. The van der Waals surface area contributed by atoms with Gasteiger partial charge in [0.1, 0.15) is 35.1 Å². The summed E-state index contributed by atoms with van der Waals surface area (Å²) in [7, 11) is 1.49. The first-order chi connectivity index (χ1) is 15.1. The number of nitrogens with zero attached hydrogens (tertiary/aromatic N) is 4. The lowest BCUT2D eigenvalue weighted by molar-refractivity contribution is -0.123. The summed E-state index contributed by atoms with van der Waals surface area (Å²) in [4.78, 5) is 21.5. The highest BCUT2D eigenvalue weighted by atomic mass is 16.5. The molecule has 32 heavy (non-hydrogen) atoms. The fourth-order valence-corrected chi connectivity index (χ4v) is 3.21. The summed E-state index contributed by atoms with van der Waals surface area (Å²) < 4.78 is 5.56. The zero-order valence-corrected chi connectivity index (χ0v) is 18.1. The molecule has 1 aliphatic rings. The van der Waals surface area contributed by atoms with Crippen LogP contribution in [-0.2, 0) is 4.79 Å². The van der Waals surface area contributed by atoms with Crippen LogP contribution in [-0.4, -0.2) is 24.0 Å². The molecule has 164 valence electrons. The molecule has 11 nitrogen and oxygen atoms in total. The van der Waals surface area contributed by atoms with Crippen molar-refractivity contribution in [1.82, 2.24) is 10.3 Å². The molecule has 0 fully saturated rings. The van der Waals surface area contributed by atoms with E-state index in [1.165, 1.54) is 7.11 Å². The van der Waals surface area contributed by atoms with Gasteiger partial charge >= 0.3 is 0 Å². The Morgan fingerprint density at radius 3 is 2.56 bits per heavy atom. The first-order valence-corrected chi connectivity index (χ1v) is 9.59. The van der Waals surface area contributed by atoms with Crippen molar-refractivity contribution < 1.29 is 9.53 Å². The van der Waals surface area contributed by atoms with Crippen molar-refractivity contribution in [3.05, 3.63) is 34.9 Å². The summed E-state index contributed by atoms with van der Waals surface area (Å²) >= 11 is 0. The molecule has 7 N–H and O–H groups in total. The molecular formula is C21H23N9O2. The molecule has 1 atom stereocenters. The van der Waals surface area contributed by atoms with Crippen molar-refractivity contribution in [2.75, 3.05) is 29.2 Å². The third kappa shape index (κ3) is 3.91. The number of carbonyl (C=O) groups is 1. The molecule has 11 heteroatoms. The Morgan fingerprint density at radius 1 is 1.25 bits per heavy atom. The molecule has 1 aliphatic heterocycles. The second kappa shape index (κ2) is 8.32. The Balaban J connectivity index is 2.31. The highest BCUT2D eigenvalue weighted by Gasteiger charge is 2.34. The molecule has 0 aliphatic carbocycles. The maximum atomic E-state index is 12.7. The number of aromatic nitrogens is 1. The molecule has 0 saturated heterocycles. The number of ether oxygens (including phenoxy) is 1. The van der Waals surface area contributed by atoms with Crippen LogP contribution in [0, 0.1) is 28.2 Å². The van der Waals surface area contributed by atoms with Gasteiger partial charge in [-0.3, -0.25) is 10.1 Å². The Kier molecular flexibility index (Phi) is 5.77. The monoisotopic (exact) mass is 433 g/mol. The number of rotatable bonds is 3. The van der Waals surface area contributed by atoms with E-state index in [1.54, 1.807) is 45.2 Å². The van der Waals surface area contributed by atoms with Gasteiger partial charge in [0.15, 0.2) is 6.19 Å². The molecule has 0 bridgehead atoms. The van der Waals surface area contributed by atoms with Crippen molar-refractivity contribution in [3.8, 4) is 18.0 Å². The normalized spacial score (nSPS) is 14.7. The average Bonchev–Trinajstić information content (AvgIpc) is 2.72. The first kappa shape index (κ1) is 22.2. The van der Waals surface area contributed by atoms with E-state index in [0.717, 1.165) is 0 Å². The summed E-state index contributed by atoms with van der Waals surface area (Å²) in [5, 5.41) is 26.8. The van der Waals surface area contributed by atoms with E-state index in [0.29, 0.717) is 22.6 Å². The molecular weight excluding hydrogens is 410 g/mol. The third-order valence-corrected chi connectivity index (χ3v) is 4.85. The predicted molar refractivity (Wildman–Crippen MR) is 121 cm³/mol. The van der Waals surface area contributed by atoms with Crippen LogP contribution in [0.2, 0.25) is 0 Å². The lowest BCUT2D eigenvalue weighted by atomic mass is 9.92. The van der Waals surface area contributed by atoms with Crippen molar-refractivity contribution >= 4 is 34.9 Å². The average molecular weight is 433 g/mol. The number of benzene rings is 1. The van der Waals surface area contributed by atoms with Crippen molar-refractivity contribution in [2.45, 2.75) is 26.8 Å². The summed E-state index contributed by atoms with van der Waals surface area (Å²) in [5.74, 6) is 0.469. The van der Waals surface area contributed by atoms with Gasteiger partial charge in [0, 0.05) is 16.5 Å². The molecule has 1 unspecified atom stereocenters. The Bertz CT molecular complexity index is 1200. The number of hydrogen-bond acceptors (Lipinski definition) is 10. The molecule has 1 amide bonds. The second-order valence-electron chi connectivity index (χ2n) is 8.03. The van der Waals surface area contributed by atoms with Crippen LogP contribution in [0.1, 0.15) is 43.5 Å². The topological polar surface area (TPSA) is 187 Å². The van der Waals surface area contributed by atoms with E-state index in [1.807, 2.05) is 6.07 Å². The van der Waals surface area contributed by atoms with E-state index >= 15 is 0 Å². The molecule has 0 saturated carbocycles. The number of nitrogens with one attached hydrogen (secondary N) is 3. The minimum absolute atomic E-state index is 0.0117. The van der Waals surface area contributed by atoms with Gasteiger partial charge in [0.2, 0.25) is 11.9 Å². The minimum Gasteiger partial charge on any atom is -0.496 e. The molecule has 0 radical (unpaired) electrons. The quantitative estimate of drug-likeness (QED) is 0.356. The number of nitriles is 2. The van der Waals surface area contributed by atoms with Gasteiger partial charge in [0.05, 0.1) is 18.5 Å². The van der Waals surface area contributed by atoms with Crippen molar-refractivity contribution in [2.24, 2.45) is 10.4 Å². The maximum absolute atomic E-state index is 12.7. The Morgan fingerprint density at radius 2 is 1.97 bits per heavy atom. The summed E-state index contributed by atoms with van der Waals surface area (Å²) in [6.07, 6.45) is 1.80. The third-order valence-electron chi connectivity index (χ3n) is 4.85. The molecule has 0 spiro atoms. The van der Waals surface area contributed by atoms with Crippen LogP contribution < -0.4 is 32.2 Å². The fraction of sp³-hybridized carbons (Fsp3) is 0.286. The number of aliphatic imine (C=N–C) groups is 1. The van der Waals surface area contributed by atoms with Gasteiger partial charge in [-0.2, -0.15) is 10.5 Å². The zero-order valence-electron chi connectivity index (χ0n) is 18.1. The highest BCUT2D eigenvalue weighted by molar-refractivity contribution is 6.00. The van der Waals surface area contributed by atoms with Gasteiger partial charge in [-0.15, -0.1) is 0 Å². The van der Waals surface area contributed by atoms with Gasteiger partial charge < -0.3 is 26.8 Å². The van der Waals surface area contributed by atoms with E-state index in [2.05, 4.69) is 25.9 Å². The Labute approximate surface area is 185 Å². The Hall–Kier alpha value is -4.51. The van der Waals surface area contributed by atoms with Gasteiger partial charge in [-0.1, -0.05) is 26.8 Å². The van der Waals surface area contributed by atoms with Crippen molar-refractivity contribution in [3.63, 3.8) is 0 Å². The van der Waals surface area contributed by atoms with E-state index < -0.39 is 11.5 Å². The molecule has 2 aromatic rings. The first-order valence-electron chi connectivity index (χ1n) is 9.59. The van der Waals surface area contributed by atoms with Crippen LogP contribution in [0.3, 0.4) is 0 Å². The number of hydrogen-bond donors (Lipinski definition) is 5. The van der Waals surface area contributed by atoms with Crippen LogP contribution in [0.5, 0.6) is 5.75 Å². The van der Waals surface area contributed by atoms with Gasteiger partial charge in [0.25, 0.3) is 0 Å². The van der Waals surface area contributed by atoms with Crippen molar-refractivity contribution in [1.29, 1.82) is 10.5 Å². The summed E-state index contributed by atoms with van der Waals surface area (Å²) in [6.45, 7) is 5.37. The standard InChI is InChI=1S/C21H23N9O2/c1-21(2,3)19(31)27-11-6-5-7-12(32-4)13(11)16-14-15(24)10(8-22)17(25)29-18(14)30-20(28-16)26-9-23/h5-7,16H,1-4H3,(H,27,31)(H6,24,25,26,28,29,30). The number of guanidine groups is 1. The van der Waals surface area contributed by atoms with Gasteiger partial charge in [-0.25, -0.2) is 9.98 Å². The van der Waals surface area contributed by atoms with Crippen LogP contribution in [0.15, 0.2) is 23.2 Å². The zero-order chi connectivity index (χ0) is 23.6. The number of pyridine rings is 1. The van der Waals surface area contributed by atoms with Crippen LogP contribution in [0.25, 0.3) is 0 Å². The lowest BCUT2D eigenvalue weighted by Gasteiger charge is -2.29. The minimum atomic E-state index is -0.867. The van der Waals surface area contributed by atoms with E-state index in [4.69, 9.17) is 21.5 Å². The number of anilines is 4. The molecule has 1 aromatic carbocycles. The lowest BCUT2D eigenvalue weighted by Crippen LogP contribution is -2.33. The smallest absolute Gasteiger partial charge is 0.229 e. The number of amides is 1. The predicted octanol–water partition coefficient (Wildman–Crippen LogP) is 2.05. The molecule has 2 heterocycles. The number of fused-ring (bicyclic) bond motifs is 1. The molecule has 1 aromatic heterocycles. The second-order valence-corrected chi connectivity index (χ2v) is 8.03. The summed E-state index contributed by atoms with van der Waals surface area (Å²) in [5.41, 5.74) is 12.9. The largest absolute Gasteiger partial charge is 0.496 e. The number of carbonyl (C=O) groups excluding carboxylic acids is 1. The molecule has 3 rings (SSSR count). The maximum Gasteiger partial charge on any atom is 0.229 e. The van der Waals surface area contributed by atoms with E-state index in [9.17, 15) is 10.1 Å². The number of nitrogens with two attached hydrogens (primary N) is 2. The van der Waals surface area contributed by atoms with Crippen LogP contribution in [0.4, 0.5) is 23.0 Å².